The molecule has 0 saturated carbocycles. The second kappa shape index (κ2) is 8.31. The summed E-state index contributed by atoms with van der Waals surface area (Å²) in [5.74, 6) is -0.336. The van der Waals surface area contributed by atoms with Crippen molar-refractivity contribution < 1.29 is 19.4 Å². The summed E-state index contributed by atoms with van der Waals surface area (Å²) >= 11 is 1.28. The normalized spacial score (nSPS) is 16.8. The fourth-order valence-electron chi connectivity index (χ4n) is 2.83. The van der Waals surface area contributed by atoms with Crippen molar-refractivity contribution in [1.82, 2.24) is 4.90 Å². The molecule has 6 nitrogen and oxygen atoms in total. The number of amidine groups is 1. The number of carbonyl (C=O) groups is 2. The smallest absolute Gasteiger partial charge is 0.335 e. The van der Waals surface area contributed by atoms with E-state index in [0.29, 0.717) is 22.3 Å². The van der Waals surface area contributed by atoms with Gasteiger partial charge in [0.2, 0.25) is 0 Å². The monoisotopic (exact) mass is 396 g/mol. The van der Waals surface area contributed by atoms with E-state index < -0.39 is 5.97 Å². The number of thioether (sulfide) groups is 1. The number of hydrogen-bond donors (Lipinski definition) is 1. The number of amides is 1. The second-order valence-corrected chi connectivity index (χ2v) is 7.15. The van der Waals surface area contributed by atoms with Gasteiger partial charge in [-0.3, -0.25) is 9.69 Å². The molecule has 1 aliphatic heterocycles. The minimum absolute atomic E-state index is 0.117. The number of aryl methyl sites for hydroxylation is 1. The maximum atomic E-state index is 12.8. The third-order valence-corrected chi connectivity index (χ3v) is 5.25. The van der Waals surface area contributed by atoms with Crippen LogP contribution in [0, 0.1) is 6.92 Å². The van der Waals surface area contributed by atoms with Gasteiger partial charge in [-0.2, -0.15) is 0 Å². The average Bonchev–Trinajstić information content (AvgIpc) is 2.96. The summed E-state index contributed by atoms with van der Waals surface area (Å²) in [6, 6.07) is 12.1. The van der Waals surface area contributed by atoms with E-state index in [1.807, 2.05) is 38.1 Å². The van der Waals surface area contributed by atoms with E-state index in [1.54, 1.807) is 24.1 Å². The van der Waals surface area contributed by atoms with Gasteiger partial charge in [0.25, 0.3) is 5.91 Å². The van der Waals surface area contributed by atoms with Crippen LogP contribution < -0.4 is 4.74 Å². The van der Waals surface area contributed by atoms with Crippen LogP contribution in [0.1, 0.15) is 28.4 Å². The van der Waals surface area contributed by atoms with Gasteiger partial charge in [0, 0.05) is 6.54 Å². The summed E-state index contributed by atoms with van der Waals surface area (Å²) in [4.78, 5) is 30.6. The Bertz CT molecular complexity index is 998. The Balaban J connectivity index is 1.93. The van der Waals surface area contributed by atoms with Crippen LogP contribution >= 0.6 is 11.8 Å². The first-order chi connectivity index (χ1) is 13.4. The van der Waals surface area contributed by atoms with Crippen LogP contribution in [-0.2, 0) is 4.79 Å². The van der Waals surface area contributed by atoms with Crippen LogP contribution in [0.15, 0.2) is 52.4 Å². The van der Waals surface area contributed by atoms with Gasteiger partial charge in [-0.25, -0.2) is 9.79 Å². The van der Waals surface area contributed by atoms with Gasteiger partial charge >= 0.3 is 5.97 Å². The van der Waals surface area contributed by atoms with Crippen LogP contribution in [0.5, 0.6) is 5.75 Å². The topological polar surface area (TPSA) is 79.2 Å². The minimum atomic E-state index is -1.01. The summed E-state index contributed by atoms with van der Waals surface area (Å²) < 4.78 is 5.27. The van der Waals surface area contributed by atoms with Gasteiger partial charge in [-0.1, -0.05) is 12.1 Å². The zero-order valence-corrected chi connectivity index (χ0v) is 16.6. The van der Waals surface area contributed by atoms with E-state index in [4.69, 9.17) is 9.84 Å². The fraction of sp³-hybridized carbons (Fsp3) is 0.190. The third kappa shape index (κ3) is 4.09. The number of carboxylic acid groups (broad SMARTS) is 1. The number of carbonyl (C=O) groups excluding carboxylic acids is 1. The molecule has 0 unspecified atom stereocenters. The van der Waals surface area contributed by atoms with Crippen LogP contribution in [0.3, 0.4) is 0 Å². The molecule has 7 heteroatoms. The second-order valence-electron chi connectivity index (χ2n) is 6.14. The molecular formula is C21H20N2O4S. The van der Waals surface area contributed by atoms with E-state index in [1.165, 1.54) is 23.9 Å². The standard InChI is InChI=1S/C21H20N2O4S/c1-4-23-19(24)18(11-14-8-9-17(27-3)13(2)10-14)28-21(23)22-16-7-5-6-15(12-16)20(25)26/h5-12H,4H2,1-3H3,(H,25,26). The fourth-order valence-corrected chi connectivity index (χ4v) is 3.89. The van der Waals surface area contributed by atoms with Crippen molar-refractivity contribution in [3.05, 3.63) is 64.1 Å². The molecule has 0 spiro atoms. The van der Waals surface area contributed by atoms with Crippen LogP contribution in [-0.4, -0.2) is 40.7 Å². The molecule has 1 amide bonds. The highest BCUT2D eigenvalue weighted by molar-refractivity contribution is 8.18. The first-order valence-electron chi connectivity index (χ1n) is 8.71. The highest BCUT2D eigenvalue weighted by Gasteiger charge is 2.32. The number of likely N-dealkylation sites (N-methyl/N-ethyl adjacent to an activating group) is 1. The number of methoxy groups -OCH3 is 1. The number of nitrogens with zero attached hydrogens (tertiary/aromatic N) is 2. The molecule has 144 valence electrons. The van der Waals surface area contributed by atoms with Gasteiger partial charge in [-0.15, -0.1) is 0 Å². The van der Waals surface area contributed by atoms with E-state index in [2.05, 4.69) is 4.99 Å². The summed E-state index contributed by atoms with van der Waals surface area (Å²) in [6.45, 7) is 4.30. The summed E-state index contributed by atoms with van der Waals surface area (Å²) in [5.41, 5.74) is 2.54. The quantitative estimate of drug-likeness (QED) is 0.761. The molecule has 1 fully saturated rings. The molecule has 0 aromatic heterocycles. The first kappa shape index (κ1) is 19.7. The van der Waals surface area contributed by atoms with E-state index in [9.17, 15) is 9.59 Å². The van der Waals surface area contributed by atoms with Crippen molar-refractivity contribution in [2.45, 2.75) is 13.8 Å². The molecule has 1 N–H and O–H groups in total. The maximum Gasteiger partial charge on any atom is 0.335 e. The zero-order valence-electron chi connectivity index (χ0n) is 15.8. The number of aromatic carboxylic acids is 1. The van der Waals surface area contributed by atoms with Crippen molar-refractivity contribution >= 4 is 40.6 Å². The molecule has 1 heterocycles. The Morgan fingerprint density at radius 1 is 1.29 bits per heavy atom. The predicted molar refractivity (Wildman–Crippen MR) is 111 cm³/mol. The molecule has 2 aromatic rings. The first-order valence-corrected chi connectivity index (χ1v) is 9.52. The Morgan fingerprint density at radius 3 is 2.71 bits per heavy atom. The summed E-state index contributed by atoms with van der Waals surface area (Å²) in [7, 11) is 1.62. The lowest BCUT2D eigenvalue weighted by atomic mass is 10.1. The number of hydrogen-bond acceptors (Lipinski definition) is 5. The van der Waals surface area contributed by atoms with Gasteiger partial charge in [0.15, 0.2) is 5.17 Å². The Kier molecular flexibility index (Phi) is 5.84. The molecule has 0 radical (unpaired) electrons. The SMILES string of the molecule is CCN1C(=O)C(=Cc2ccc(OC)c(C)c2)SC1=Nc1cccc(C(=O)O)c1. The molecule has 28 heavy (non-hydrogen) atoms. The maximum absolute atomic E-state index is 12.8. The van der Waals surface area contributed by atoms with Crippen LogP contribution in [0.25, 0.3) is 6.08 Å². The number of aliphatic imine (C=N–C) groups is 1. The van der Waals surface area contributed by atoms with Crippen LogP contribution in [0.4, 0.5) is 5.69 Å². The van der Waals surface area contributed by atoms with Crippen molar-refractivity contribution in [1.29, 1.82) is 0 Å². The van der Waals surface area contributed by atoms with Gasteiger partial charge in [0.1, 0.15) is 5.75 Å². The lowest BCUT2D eigenvalue weighted by molar-refractivity contribution is -0.122. The van der Waals surface area contributed by atoms with Gasteiger partial charge in [-0.05, 0) is 73.1 Å². The minimum Gasteiger partial charge on any atom is -0.496 e. The molecule has 1 saturated heterocycles. The van der Waals surface area contributed by atoms with Gasteiger partial charge in [0.05, 0.1) is 23.3 Å². The molecule has 3 rings (SSSR count). The van der Waals surface area contributed by atoms with E-state index in [0.717, 1.165) is 16.9 Å². The Morgan fingerprint density at radius 2 is 2.07 bits per heavy atom. The number of benzene rings is 2. The van der Waals surface area contributed by atoms with Gasteiger partial charge < -0.3 is 9.84 Å². The molecule has 2 aromatic carbocycles. The summed E-state index contributed by atoms with van der Waals surface area (Å²) in [5, 5.41) is 9.67. The average molecular weight is 396 g/mol. The third-order valence-electron chi connectivity index (χ3n) is 4.24. The predicted octanol–water partition coefficient (Wildman–Crippen LogP) is 4.33. The number of ether oxygens (including phenoxy) is 1. The molecule has 0 atom stereocenters. The van der Waals surface area contributed by atoms with Crippen molar-refractivity contribution in [2.24, 2.45) is 4.99 Å². The highest BCUT2D eigenvalue weighted by Crippen LogP contribution is 2.34. The van der Waals surface area contributed by atoms with Crippen LogP contribution in [0.2, 0.25) is 0 Å². The lowest BCUT2D eigenvalue weighted by Gasteiger charge is -2.12. The molecule has 0 aliphatic carbocycles. The molecular weight excluding hydrogens is 376 g/mol. The largest absolute Gasteiger partial charge is 0.496 e. The van der Waals surface area contributed by atoms with E-state index in [-0.39, 0.29) is 11.5 Å². The van der Waals surface area contributed by atoms with E-state index >= 15 is 0 Å². The molecule has 0 bridgehead atoms. The Hall–Kier alpha value is -3.06. The Labute approximate surface area is 167 Å². The van der Waals surface area contributed by atoms with Crippen molar-refractivity contribution in [3.8, 4) is 5.75 Å². The zero-order chi connectivity index (χ0) is 20.3. The number of carboxylic acids is 1. The highest BCUT2D eigenvalue weighted by atomic mass is 32.2. The molecule has 1 aliphatic rings. The lowest BCUT2D eigenvalue weighted by Crippen LogP contribution is -2.28. The number of rotatable bonds is 5. The van der Waals surface area contributed by atoms with Crippen molar-refractivity contribution in [3.63, 3.8) is 0 Å². The summed E-state index contributed by atoms with van der Waals surface area (Å²) in [6.07, 6.45) is 1.83. The van der Waals surface area contributed by atoms with Crippen molar-refractivity contribution in [2.75, 3.05) is 13.7 Å².